The second-order valence-corrected chi connectivity index (χ2v) is 5.68. The van der Waals surface area contributed by atoms with Gasteiger partial charge in [0.15, 0.2) is 11.6 Å². The second kappa shape index (κ2) is 4.82. The molecule has 18 heavy (non-hydrogen) atoms. The summed E-state index contributed by atoms with van der Waals surface area (Å²) in [7, 11) is 0. The Hall–Kier alpha value is -1.19. The maximum Gasteiger partial charge on any atom is 0.161 e. The van der Waals surface area contributed by atoms with Crippen molar-refractivity contribution in [3.05, 3.63) is 29.6 Å². The first-order valence-corrected chi connectivity index (χ1v) is 6.31. The van der Waals surface area contributed by atoms with E-state index in [-0.39, 0.29) is 17.1 Å². The Labute approximate surface area is 105 Å². The van der Waals surface area contributed by atoms with Crippen LogP contribution in [0.4, 0.5) is 18.9 Å². The van der Waals surface area contributed by atoms with Gasteiger partial charge < -0.3 is 5.32 Å². The Bertz CT molecular complexity index is 443. The lowest BCUT2D eigenvalue weighted by molar-refractivity contribution is 0.216. The first kappa shape index (κ1) is 13.2. The minimum atomic E-state index is -1.15. The fraction of sp³-hybridized carbons (Fsp3) is 0.571. The van der Waals surface area contributed by atoms with Gasteiger partial charge >= 0.3 is 0 Å². The van der Waals surface area contributed by atoms with E-state index in [9.17, 15) is 13.2 Å². The summed E-state index contributed by atoms with van der Waals surface area (Å²) in [6.07, 6.45) is 4.21. The van der Waals surface area contributed by atoms with Gasteiger partial charge in [-0.25, -0.2) is 13.2 Å². The van der Waals surface area contributed by atoms with E-state index < -0.39 is 17.5 Å². The number of nitrogens with one attached hydrogen (secondary N) is 1. The maximum atomic E-state index is 13.6. The molecule has 0 aliphatic heterocycles. The molecule has 100 valence electrons. The molecule has 1 fully saturated rings. The predicted molar refractivity (Wildman–Crippen MR) is 66.0 cm³/mol. The Morgan fingerprint density at radius 1 is 1.06 bits per heavy atom. The largest absolute Gasteiger partial charge is 0.379 e. The molecule has 1 aromatic rings. The zero-order valence-electron chi connectivity index (χ0n) is 10.7. The van der Waals surface area contributed by atoms with Gasteiger partial charge in [0.1, 0.15) is 5.82 Å². The highest BCUT2D eigenvalue weighted by molar-refractivity contribution is 5.46. The number of halogens is 3. The van der Waals surface area contributed by atoms with Gasteiger partial charge in [-0.15, -0.1) is 0 Å². The highest BCUT2D eigenvalue weighted by atomic mass is 19.2. The Kier molecular flexibility index (Phi) is 3.55. The van der Waals surface area contributed by atoms with Crippen LogP contribution >= 0.6 is 0 Å². The van der Waals surface area contributed by atoms with Crippen molar-refractivity contribution in [3.8, 4) is 0 Å². The van der Waals surface area contributed by atoms with E-state index in [1.165, 1.54) is 0 Å². The van der Waals surface area contributed by atoms with Crippen molar-refractivity contribution in [1.29, 1.82) is 0 Å². The second-order valence-electron chi connectivity index (χ2n) is 5.68. The molecule has 1 unspecified atom stereocenters. The number of rotatable bonds is 2. The van der Waals surface area contributed by atoms with E-state index in [4.69, 9.17) is 0 Å². The van der Waals surface area contributed by atoms with Crippen LogP contribution in [0.25, 0.3) is 0 Å². The molecule has 2 rings (SSSR count). The number of benzene rings is 1. The number of hydrogen-bond donors (Lipinski definition) is 1. The van der Waals surface area contributed by atoms with Crippen molar-refractivity contribution in [2.75, 3.05) is 5.32 Å². The Morgan fingerprint density at radius 3 is 2.39 bits per heavy atom. The van der Waals surface area contributed by atoms with Gasteiger partial charge in [-0.2, -0.15) is 0 Å². The van der Waals surface area contributed by atoms with E-state index in [2.05, 4.69) is 19.2 Å². The summed E-state index contributed by atoms with van der Waals surface area (Å²) in [6.45, 7) is 4.23. The molecule has 0 saturated heterocycles. The standard InChI is InChI=1S/C14H18F3N/c1-14(2)6-4-3-5-13(14)18-12-8-10(16)9(15)7-11(12)17/h7-8,13,18H,3-6H2,1-2H3. The molecule has 1 atom stereocenters. The number of anilines is 1. The lowest BCUT2D eigenvalue weighted by atomic mass is 9.73. The molecular formula is C14H18F3N. The maximum absolute atomic E-state index is 13.6. The molecule has 4 heteroatoms. The van der Waals surface area contributed by atoms with Crippen molar-refractivity contribution in [3.63, 3.8) is 0 Å². The van der Waals surface area contributed by atoms with Crippen LogP contribution in [0.3, 0.4) is 0 Å². The van der Waals surface area contributed by atoms with Gasteiger partial charge in [-0.3, -0.25) is 0 Å². The van der Waals surface area contributed by atoms with Crippen molar-refractivity contribution < 1.29 is 13.2 Å². The minimum absolute atomic E-state index is 0.0373. The van der Waals surface area contributed by atoms with Crippen LogP contribution < -0.4 is 5.32 Å². The molecule has 0 heterocycles. The van der Waals surface area contributed by atoms with Gasteiger partial charge in [0.05, 0.1) is 5.69 Å². The van der Waals surface area contributed by atoms with E-state index in [0.29, 0.717) is 6.07 Å². The topological polar surface area (TPSA) is 12.0 Å². The summed E-state index contributed by atoms with van der Waals surface area (Å²) in [4.78, 5) is 0. The van der Waals surface area contributed by atoms with E-state index in [1.807, 2.05) is 0 Å². The van der Waals surface area contributed by atoms with Gasteiger partial charge in [-0.05, 0) is 18.3 Å². The fourth-order valence-electron chi connectivity index (χ4n) is 2.58. The van der Waals surface area contributed by atoms with Crippen molar-refractivity contribution >= 4 is 5.69 Å². The van der Waals surface area contributed by atoms with Crippen LogP contribution in [0, 0.1) is 22.9 Å². The third-order valence-corrected chi connectivity index (χ3v) is 3.85. The molecule has 0 amide bonds. The third kappa shape index (κ3) is 2.62. The Morgan fingerprint density at radius 2 is 1.72 bits per heavy atom. The first-order valence-electron chi connectivity index (χ1n) is 6.31. The van der Waals surface area contributed by atoms with Crippen molar-refractivity contribution in [2.45, 2.75) is 45.6 Å². The summed E-state index contributed by atoms with van der Waals surface area (Å²) < 4.78 is 39.5. The smallest absolute Gasteiger partial charge is 0.161 e. The third-order valence-electron chi connectivity index (χ3n) is 3.85. The highest BCUT2D eigenvalue weighted by Gasteiger charge is 2.32. The van der Waals surface area contributed by atoms with E-state index in [1.54, 1.807) is 0 Å². The quantitative estimate of drug-likeness (QED) is 0.770. The molecule has 1 nitrogen and oxygen atoms in total. The average Bonchev–Trinajstić information content (AvgIpc) is 2.28. The lowest BCUT2D eigenvalue weighted by Crippen LogP contribution is -2.39. The molecule has 0 bridgehead atoms. The minimum Gasteiger partial charge on any atom is -0.379 e. The molecule has 0 aromatic heterocycles. The zero-order chi connectivity index (χ0) is 13.3. The Balaban J connectivity index is 2.20. The van der Waals surface area contributed by atoms with Crippen LogP contribution in [-0.2, 0) is 0 Å². The molecule has 0 spiro atoms. The van der Waals surface area contributed by atoms with E-state index >= 15 is 0 Å². The van der Waals surface area contributed by atoms with Crippen LogP contribution in [0.1, 0.15) is 39.5 Å². The normalized spacial score (nSPS) is 22.8. The molecule has 1 N–H and O–H groups in total. The van der Waals surface area contributed by atoms with Crippen LogP contribution in [0.15, 0.2) is 12.1 Å². The molecular weight excluding hydrogens is 239 g/mol. The average molecular weight is 257 g/mol. The monoisotopic (exact) mass is 257 g/mol. The molecule has 1 saturated carbocycles. The molecule has 0 radical (unpaired) electrons. The van der Waals surface area contributed by atoms with Gasteiger partial charge in [-0.1, -0.05) is 26.7 Å². The summed E-state index contributed by atoms with van der Waals surface area (Å²) in [5.74, 6) is -2.91. The summed E-state index contributed by atoms with van der Waals surface area (Å²) in [6, 6.07) is 1.58. The van der Waals surface area contributed by atoms with Crippen LogP contribution in [0.5, 0.6) is 0 Å². The SMILES string of the molecule is CC1(C)CCCCC1Nc1cc(F)c(F)cc1F. The van der Waals surface area contributed by atoms with Crippen molar-refractivity contribution in [2.24, 2.45) is 5.41 Å². The molecule has 1 aromatic carbocycles. The van der Waals surface area contributed by atoms with Crippen molar-refractivity contribution in [1.82, 2.24) is 0 Å². The predicted octanol–water partition coefficient (Wildman–Crippen LogP) is 4.48. The fourth-order valence-corrected chi connectivity index (χ4v) is 2.58. The number of hydrogen-bond acceptors (Lipinski definition) is 1. The zero-order valence-corrected chi connectivity index (χ0v) is 10.7. The first-order chi connectivity index (χ1) is 8.40. The van der Waals surface area contributed by atoms with Crippen LogP contribution in [-0.4, -0.2) is 6.04 Å². The summed E-state index contributed by atoms with van der Waals surface area (Å²) in [5, 5.41) is 3.03. The van der Waals surface area contributed by atoms with Gasteiger partial charge in [0.2, 0.25) is 0 Å². The summed E-state index contributed by atoms with van der Waals surface area (Å²) in [5.41, 5.74) is 0.0871. The summed E-state index contributed by atoms with van der Waals surface area (Å²) >= 11 is 0. The lowest BCUT2D eigenvalue weighted by Gasteiger charge is -2.39. The molecule has 1 aliphatic rings. The van der Waals surface area contributed by atoms with Crippen LogP contribution in [0.2, 0.25) is 0 Å². The van der Waals surface area contributed by atoms with E-state index in [0.717, 1.165) is 31.7 Å². The van der Waals surface area contributed by atoms with Gasteiger partial charge in [0.25, 0.3) is 0 Å². The molecule has 1 aliphatic carbocycles. The van der Waals surface area contributed by atoms with Gasteiger partial charge in [0, 0.05) is 18.2 Å². The highest BCUT2D eigenvalue weighted by Crippen LogP contribution is 2.37.